The Hall–Kier alpha value is -6.15. The molecule has 21 nitrogen and oxygen atoms in total. The number of aliphatic carboxylic acids is 3. The third kappa shape index (κ3) is 17.5. The zero-order valence-electron chi connectivity index (χ0n) is 49.3. The molecule has 3 aromatic rings. The van der Waals surface area contributed by atoms with Gasteiger partial charge < -0.3 is 44.9 Å². The second kappa shape index (κ2) is 31.7. The zero-order chi connectivity index (χ0) is 59.6. The molecule has 1 aromatic heterocycles. The van der Waals surface area contributed by atoms with E-state index < -0.39 is 17.9 Å². The lowest BCUT2D eigenvalue weighted by Crippen LogP contribution is -2.60. The lowest BCUT2D eigenvalue weighted by molar-refractivity contribution is -0.143. The average Bonchev–Trinajstić information content (AvgIpc) is 3.27. The molecule has 0 saturated carbocycles. The van der Waals surface area contributed by atoms with E-state index in [0.717, 1.165) is 91.7 Å². The van der Waals surface area contributed by atoms with E-state index in [4.69, 9.17) is 32.9 Å². The smallest absolute Gasteiger partial charge is 0.318 e. The highest BCUT2D eigenvalue weighted by Crippen LogP contribution is 2.38. The first kappa shape index (κ1) is 64.4. The van der Waals surface area contributed by atoms with Gasteiger partial charge in [0, 0.05) is 106 Å². The molecule has 3 saturated heterocycles. The zero-order valence-corrected chi connectivity index (χ0v) is 50.1. The van der Waals surface area contributed by atoms with E-state index in [9.17, 15) is 39.3 Å². The molecule has 0 unspecified atom stereocenters. The summed E-state index contributed by atoms with van der Waals surface area (Å²) in [5, 5.41) is 36.1. The van der Waals surface area contributed by atoms with Crippen molar-refractivity contribution >= 4 is 63.6 Å². The summed E-state index contributed by atoms with van der Waals surface area (Å²) in [5.41, 5.74) is 2.97. The number of anilines is 2. The number of carboxylic acids is 3. The fraction of sp³-hybridized carbons (Fsp3) is 0.639. The number of nitrogens with zero attached hydrogens (tertiary/aromatic N) is 11. The molecule has 4 aliphatic rings. The summed E-state index contributed by atoms with van der Waals surface area (Å²) in [6, 6.07) is 11.3. The average molecular weight is 1170 g/mol. The van der Waals surface area contributed by atoms with Gasteiger partial charge in [-0.15, -0.1) is 0 Å². The molecule has 2 amide bonds. The van der Waals surface area contributed by atoms with Crippen molar-refractivity contribution in [2.45, 2.75) is 141 Å². The van der Waals surface area contributed by atoms with E-state index in [0.29, 0.717) is 109 Å². The molecule has 0 bridgehead atoms. The fourth-order valence-electron chi connectivity index (χ4n) is 13.0. The lowest BCUT2D eigenvalue weighted by Gasteiger charge is -2.45. The highest BCUT2D eigenvalue weighted by Gasteiger charge is 2.38. The number of piperazine rings is 1. The number of fused-ring (bicyclic) bond motifs is 2. The standard InChI is InChI=1S/C61H89ClN12O9/c1-7-44-33-71(39-56(77)78)46(9-3)35-73(41-58(81)82)47(10-4)34-72(40-57(79)80)45(8-2)32-70(44)38-54(75)64-25-14-12-13-15-26-67-27-18-21-48(67)42-83-61-65-52-37-68(53-23-17-20-43-19-16-22-51(62)59(43)53)28-24-50(52)60(66-61)69-29-30-74(55(76)11-5)49(36-69)31-63-6/h11,16-17,19-20,22-23,44-49H,5,7-10,12-15,18,21,24-42H2,1-4H3,(H,64,75)(H,77,78)(H,79,80)(H,81,82)/t44-,45-,46-,47-,48-,49-/m0/s1. The Kier molecular flexibility index (Phi) is 24.6. The van der Waals surface area contributed by atoms with Crippen LogP contribution in [0.25, 0.3) is 15.6 Å². The van der Waals surface area contributed by atoms with Gasteiger partial charge in [-0.1, -0.05) is 83.0 Å². The SMILES string of the molecule is [C-]#[N+]C[C@H]1CN(c2nc(OC[C@@H]3CCCN3CCCCCCNC(=O)CN3C[C@H](CC)N(CC(=O)O)C[C@H](CC)N(CC(=O)O)C[C@H](CC)N(CC(=O)O)C[C@@H]3CC)nc3c2CCN(c2cccc4cccc(Cl)c24)C3)CCN1C(=O)C=C. The fourth-order valence-corrected chi connectivity index (χ4v) is 13.3. The molecule has 5 heterocycles. The van der Waals surface area contributed by atoms with E-state index in [1.165, 1.54) is 6.08 Å². The number of hydrogen-bond donors (Lipinski definition) is 4. The molecular weight excluding hydrogens is 1080 g/mol. The first-order chi connectivity index (χ1) is 40.1. The minimum atomic E-state index is -0.998. The normalized spacial score (nSPS) is 22.8. The number of hydrogen-bond acceptors (Lipinski definition) is 15. The van der Waals surface area contributed by atoms with Gasteiger partial charge in [-0.2, -0.15) is 9.97 Å². The topological polar surface area (TPSA) is 223 Å². The lowest BCUT2D eigenvalue weighted by atomic mass is 10.0. The Morgan fingerprint density at radius 1 is 0.711 bits per heavy atom. The number of rotatable bonds is 26. The van der Waals surface area contributed by atoms with Gasteiger partial charge in [0.15, 0.2) is 0 Å². The largest absolute Gasteiger partial charge is 0.480 e. The number of likely N-dealkylation sites (tertiary alicyclic amines) is 1. The Morgan fingerprint density at radius 3 is 1.88 bits per heavy atom. The van der Waals surface area contributed by atoms with Gasteiger partial charge in [0.1, 0.15) is 18.5 Å². The summed E-state index contributed by atoms with van der Waals surface area (Å²) in [6.45, 7) is 25.8. The van der Waals surface area contributed by atoms with E-state index in [-0.39, 0.29) is 80.8 Å². The highest BCUT2D eigenvalue weighted by atomic mass is 35.5. The highest BCUT2D eigenvalue weighted by molar-refractivity contribution is 6.36. The first-order valence-corrected chi connectivity index (χ1v) is 30.5. The molecule has 83 heavy (non-hydrogen) atoms. The molecule has 3 fully saturated rings. The molecule has 454 valence electrons. The van der Waals surface area contributed by atoms with Gasteiger partial charge >= 0.3 is 23.9 Å². The van der Waals surface area contributed by atoms with Crippen molar-refractivity contribution in [2.75, 3.05) is 121 Å². The molecule has 4 N–H and O–H groups in total. The van der Waals surface area contributed by atoms with Crippen LogP contribution in [-0.4, -0.2) is 232 Å². The number of unbranched alkanes of at least 4 members (excludes halogenated alkanes) is 3. The number of carboxylic acid groups (broad SMARTS) is 3. The molecule has 0 radical (unpaired) electrons. The van der Waals surface area contributed by atoms with E-state index in [1.54, 1.807) is 4.90 Å². The number of nitrogens with one attached hydrogen (secondary N) is 1. The molecular formula is C61H89ClN12O9. The van der Waals surface area contributed by atoms with Crippen LogP contribution in [0.15, 0.2) is 49.1 Å². The number of carbonyl (C=O) groups is 5. The summed E-state index contributed by atoms with van der Waals surface area (Å²) in [7, 11) is 0. The molecule has 2 aromatic carbocycles. The molecule has 0 aliphatic carbocycles. The first-order valence-electron chi connectivity index (χ1n) is 30.2. The van der Waals surface area contributed by atoms with Gasteiger partial charge in [0.25, 0.3) is 0 Å². The monoisotopic (exact) mass is 1170 g/mol. The van der Waals surface area contributed by atoms with Crippen molar-refractivity contribution in [3.05, 3.63) is 76.8 Å². The predicted molar refractivity (Wildman–Crippen MR) is 322 cm³/mol. The van der Waals surface area contributed by atoms with Gasteiger partial charge in [-0.3, -0.25) is 48.5 Å². The quantitative estimate of drug-likeness (QED) is 0.0406. The van der Waals surface area contributed by atoms with Crippen molar-refractivity contribution in [1.29, 1.82) is 0 Å². The summed E-state index contributed by atoms with van der Waals surface area (Å²) in [5.74, 6) is -2.49. The second-order valence-corrected chi connectivity index (χ2v) is 23.2. The van der Waals surface area contributed by atoms with Crippen molar-refractivity contribution in [2.24, 2.45) is 0 Å². The van der Waals surface area contributed by atoms with Crippen LogP contribution in [0.2, 0.25) is 5.02 Å². The van der Waals surface area contributed by atoms with E-state index in [2.05, 4.69) is 60.6 Å². The van der Waals surface area contributed by atoms with Crippen LogP contribution >= 0.6 is 11.6 Å². The summed E-state index contributed by atoms with van der Waals surface area (Å²) in [4.78, 5) is 94.1. The van der Waals surface area contributed by atoms with Crippen LogP contribution in [0, 0.1) is 6.57 Å². The van der Waals surface area contributed by atoms with Gasteiger partial charge in [0.05, 0.1) is 43.4 Å². The minimum absolute atomic E-state index is 0.0735. The van der Waals surface area contributed by atoms with Crippen LogP contribution in [0.4, 0.5) is 11.5 Å². The molecule has 0 spiro atoms. The number of benzene rings is 2. The maximum Gasteiger partial charge on any atom is 0.318 e. The number of aromatic nitrogens is 2. The predicted octanol–water partition coefficient (Wildman–Crippen LogP) is 6.08. The molecule has 7 rings (SSSR count). The van der Waals surface area contributed by atoms with Crippen molar-refractivity contribution < 1.29 is 44.0 Å². The van der Waals surface area contributed by atoms with Crippen LogP contribution in [-0.2, 0) is 36.9 Å². The minimum Gasteiger partial charge on any atom is -0.480 e. The van der Waals surface area contributed by atoms with Crippen molar-refractivity contribution in [3.8, 4) is 6.01 Å². The Morgan fingerprint density at radius 2 is 1.30 bits per heavy atom. The summed E-state index contributed by atoms with van der Waals surface area (Å²) >= 11 is 6.83. The van der Waals surface area contributed by atoms with Crippen LogP contribution < -0.4 is 19.9 Å². The van der Waals surface area contributed by atoms with E-state index >= 15 is 0 Å². The van der Waals surface area contributed by atoms with Crippen LogP contribution in [0.5, 0.6) is 6.01 Å². The van der Waals surface area contributed by atoms with Crippen LogP contribution in [0.3, 0.4) is 0 Å². The number of carbonyl (C=O) groups excluding carboxylic acids is 2. The van der Waals surface area contributed by atoms with Crippen molar-refractivity contribution in [1.82, 2.24) is 44.7 Å². The number of ether oxygens (including phenoxy) is 1. The molecule has 4 aliphatic heterocycles. The maximum absolute atomic E-state index is 13.9. The third-order valence-electron chi connectivity index (χ3n) is 17.4. The van der Waals surface area contributed by atoms with Gasteiger partial charge in [-0.25, -0.2) is 6.57 Å². The third-order valence-corrected chi connectivity index (χ3v) is 17.7. The van der Waals surface area contributed by atoms with E-state index in [1.807, 2.05) is 54.5 Å². The Balaban J connectivity index is 0.959. The van der Waals surface area contributed by atoms with Gasteiger partial charge in [-0.05, 0) is 94.5 Å². The number of halogens is 1. The Labute approximate surface area is 495 Å². The summed E-state index contributed by atoms with van der Waals surface area (Å²) in [6.07, 6.45) is 10.1. The van der Waals surface area contributed by atoms with Crippen molar-refractivity contribution in [3.63, 3.8) is 0 Å². The molecule has 22 heteroatoms. The summed E-state index contributed by atoms with van der Waals surface area (Å²) < 4.78 is 6.60. The molecule has 6 atom stereocenters. The van der Waals surface area contributed by atoms with Gasteiger partial charge in [0.2, 0.25) is 18.4 Å². The van der Waals surface area contributed by atoms with Crippen LogP contribution in [0.1, 0.15) is 103 Å². The number of amides is 2. The maximum atomic E-state index is 13.9. The second-order valence-electron chi connectivity index (χ2n) is 22.8. The Bertz CT molecular complexity index is 2710.